The quantitative estimate of drug-likeness (QED) is 0.267. The van der Waals surface area contributed by atoms with Gasteiger partial charge in [0, 0.05) is 29.4 Å². The van der Waals surface area contributed by atoms with E-state index >= 15 is 0 Å². The first-order valence-corrected chi connectivity index (χ1v) is 13.3. The van der Waals surface area contributed by atoms with Crippen molar-refractivity contribution < 1.29 is 19.4 Å². The van der Waals surface area contributed by atoms with Gasteiger partial charge < -0.3 is 24.8 Å². The van der Waals surface area contributed by atoms with E-state index in [1.165, 1.54) is 32.1 Å². The van der Waals surface area contributed by atoms with Crippen LogP contribution in [0.25, 0.3) is 0 Å². The van der Waals surface area contributed by atoms with Gasteiger partial charge in [0.2, 0.25) is 0 Å². The highest BCUT2D eigenvalue weighted by atomic mass is 127. The van der Waals surface area contributed by atoms with E-state index in [-0.39, 0.29) is 23.1 Å². The number of urea groups is 1. The Balaban J connectivity index is 1.45. The smallest absolute Gasteiger partial charge is 0.322 e. The fourth-order valence-electron chi connectivity index (χ4n) is 4.39. The van der Waals surface area contributed by atoms with Crippen molar-refractivity contribution in [2.75, 3.05) is 31.6 Å². The fraction of sp³-hybridized carbons (Fsp3) is 0.423. The molecule has 1 fully saturated rings. The van der Waals surface area contributed by atoms with Crippen LogP contribution in [-0.4, -0.2) is 42.3 Å². The number of nitrogens with zero attached hydrogens (tertiary/aromatic N) is 1. The molecule has 1 saturated carbocycles. The zero-order chi connectivity index (χ0) is 23.9. The van der Waals surface area contributed by atoms with Crippen molar-refractivity contribution in [2.45, 2.75) is 36.0 Å². The predicted molar refractivity (Wildman–Crippen MR) is 143 cm³/mol. The summed E-state index contributed by atoms with van der Waals surface area (Å²) in [7, 11) is 0. The molecule has 2 amide bonds. The Morgan fingerprint density at radius 3 is 2.68 bits per heavy atom. The van der Waals surface area contributed by atoms with E-state index in [9.17, 15) is 9.90 Å². The third-order valence-corrected chi connectivity index (χ3v) is 7.94. The molecule has 1 atom stereocenters. The Bertz CT molecular complexity index is 1010. The molecule has 1 unspecified atom stereocenters. The number of amides is 2. The number of anilines is 1. The largest absolute Gasteiger partial charge is 0.493 e. The lowest BCUT2D eigenvalue weighted by Crippen LogP contribution is -2.39. The van der Waals surface area contributed by atoms with Gasteiger partial charge in [0.1, 0.15) is 11.5 Å². The highest BCUT2D eigenvalue weighted by molar-refractivity contribution is 14.1. The minimum atomic E-state index is -0.298. The second-order valence-corrected chi connectivity index (χ2v) is 10.4. The molecule has 2 aromatic rings. The highest BCUT2D eigenvalue weighted by Gasteiger charge is 2.29. The maximum absolute atomic E-state index is 12.9. The number of benzene rings is 2. The molecule has 4 rings (SSSR count). The fourth-order valence-corrected chi connectivity index (χ4v) is 5.48. The molecular weight excluding hydrogens is 567 g/mol. The zero-order valence-electron chi connectivity index (χ0n) is 19.0. The number of rotatable bonds is 8. The number of aliphatic hydroxyl groups excluding tert-OH is 1. The van der Waals surface area contributed by atoms with Gasteiger partial charge in [-0.1, -0.05) is 59.5 Å². The monoisotopic (exact) mass is 596 g/mol. The van der Waals surface area contributed by atoms with Gasteiger partial charge in [0.25, 0.3) is 0 Å². The predicted octanol–water partition coefficient (Wildman–Crippen LogP) is 6.58. The average Bonchev–Trinajstić information content (AvgIpc) is 2.86. The summed E-state index contributed by atoms with van der Waals surface area (Å²) in [6, 6.07) is 12.5. The van der Waals surface area contributed by atoms with Crippen LogP contribution in [0.2, 0.25) is 5.02 Å². The van der Waals surface area contributed by atoms with E-state index in [2.05, 4.69) is 27.9 Å². The number of fused-ring (bicyclic) bond motifs is 1. The summed E-state index contributed by atoms with van der Waals surface area (Å²) in [6.45, 7) is 1.11. The Hall–Kier alpha value is -1.97. The van der Waals surface area contributed by atoms with Crippen molar-refractivity contribution in [1.82, 2.24) is 4.90 Å². The molecule has 0 aromatic heterocycles. The molecule has 1 heterocycles. The standard InChI is InChI=1S/C26H30ClIN2O4/c27-20-9-11-21(12-10-20)29-26(32)30(13-14-31)15-19-17-34-23-8-4-7-22(24(23)25(19)28)33-16-18-5-2-1-3-6-18/h4,7-12,17-18,25,31H,1-3,5-6,13-16H2,(H,29,32). The molecule has 0 saturated heterocycles. The molecule has 0 bridgehead atoms. The van der Waals surface area contributed by atoms with Crippen LogP contribution in [0.5, 0.6) is 11.5 Å². The number of carbonyl (C=O) groups excluding carboxylic acids is 1. The van der Waals surface area contributed by atoms with Crippen LogP contribution >= 0.6 is 34.2 Å². The summed E-state index contributed by atoms with van der Waals surface area (Å²) < 4.78 is 12.2. The van der Waals surface area contributed by atoms with Gasteiger partial charge in [-0.05, 0) is 55.2 Å². The van der Waals surface area contributed by atoms with Crippen molar-refractivity contribution in [3.8, 4) is 11.5 Å². The lowest BCUT2D eigenvalue weighted by Gasteiger charge is -2.30. The topological polar surface area (TPSA) is 71.0 Å². The van der Waals surface area contributed by atoms with Crippen molar-refractivity contribution >= 4 is 45.9 Å². The molecule has 182 valence electrons. The first-order valence-electron chi connectivity index (χ1n) is 11.7. The molecular formula is C26H30ClIN2O4. The third kappa shape index (κ3) is 6.37. The summed E-state index contributed by atoms with van der Waals surface area (Å²) in [6.07, 6.45) is 8.05. The second-order valence-electron chi connectivity index (χ2n) is 8.74. The zero-order valence-corrected chi connectivity index (χ0v) is 21.9. The second kappa shape index (κ2) is 12.1. The Kier molecular flexibility index (Phi) is 8.97. The maximum atomic E-state index is 12.9. The minimum absolute atomic E-state index is 0.0200. The van der Waals surface area contributed by atoms with E-state index in [1.807, 2.05) is 18.2 Å². The number of carbonyl (C=O) groups is 1. The van der Waals surface area contributed by atoms with Gasteiger partial charge in [-0.15, -0.1) is 0 Å². The summed E-state index contributed by atoms with van der Waals surface area (Å²) >= 11 is 8.32. The van der Waals surface area contributed by atoms with Crippen LogP contribution in [-0.2, 0) is 0 Å². The summed E-state index contributed by atoms with van der Waals surface area (Å²) in [4.78, 5) is 14.5. The van der Waals surface area contributed by atoms with E-state index in [4.69, 9.17) is 21.1 Å². The highest BCUT2D eigenvalue weighted by Crippen LogP contribution is 2.46. The van der Waals surface area contributed by atoms with Gasteiger partial charge in [0.15, 0.2) is 0 Å². The van der Waals surface area contributed by atoms with Crippen molar-refractivity contribution in [3.63, 3.8) is 0 Å². The molecule has 6 nitrogen and oxygen atoms in total. The number of hydrogen-bond donors (Lipinski definition) is 2. The SMILES string of the molecule is O=C(Nc1ccc(Cl)cc1)N(CCO)CC1=COc2cccc(OCC3CCCCC3)c2C1I. The molecule has 0 radical (unpaired) electrons. The van der Waals surface area contributed by atoms with Gasteiger partial charge in [-0.3, -0.25) is 0 Å². The molecule has 2 aliphatic rings. The van der Waals surface area contributed by atoms with Crippen molar-refractivity contribution in [1.29, 1.82) is 0 Å². The van der Waals surface area contributed by atoms with Crippen LogP contribution in [0.4, 0.5) is 10.5 Å². The van der Waals surface area contributed by atoms with Crippen LogP contribution in [0.1, 0.15) is 41.6 Å². The molecule has 34 heavy (non-hydrogen) atoms. The first-order chi connectivity index (χ1) is 16.5. The van der Waals surface area contributed by atoms with Crippen LogP contribution in [0, 0.1) is 5.92 Å². The number of ether oxygens (including phenoxy) is 2. The van der Waals surface area contributed by atoms with Gasteiger partial charge >= 0.3 is 6.03 Å². The number of aliphatic hydroxyl groups is 1. The lowest BCUT2D eigenvalue weighted by molar-refractivity contribution is 0.192. The van der Waals surface area contributed by atoms with Gasteiger partial charge in [0.05, 0.1) is 29.0 Å². The van der Waals surface area contributed by atoms with E-state index in [0.717, 1.165) is 29.2 Å². The van der Waals surface area contributed by atoms with E-state index < -0.39 is 0 Å². The van der Waals surface area contributed by atoms with Crippen molar-refractivity contribution in [2.24, 2.45) is 5.92 Å². The van der Waals surface area contributed by atoms with E-state index in [0.29, 0.717) is 23.2 Å². The van der Waals surface area contributed by atoms with Crippen LogP contribution in [0.15, 0.2) is 54.3 Å². The third-order valence-electron chi connectivity index (χ3n) is 6.27. The molecule has 2 N–H and O–H groups in total. The number of alkyl halides is 1. The van der Waals surface area contributed by atoms with Crippen LogP contribution in [0.3, 0.4) is 0 Å². The van der Waals surface area contributed by atoms with E-state index in [1.54, 1.807) is 35.4 Å². The number of nitrogens with one attached hydrogen (secondary N) is 1. The molecule has 1 aliphatic carbocycles. The lowest BCUT2D eigenvalue weighted by atomic mass is 9.90. The Morgan fingerprint density at radius 1 is 1.18 bits per heavy atom. The molecule has 2 aromatic carbocycles. The van der Waals surface area contributed by atoms with Crippen LogP contribution < -0.4 is 14.8 Å². The van der Waals surface area contributed by atoms with Gasteiger partial charge in [-0.2, -0.15) is 0 Å². The molecule has 8 heteroatoms. The van der Waals surface area contributed by atoms with Crippen molar-refractivity contribution in [3.05, 3.63) is 64.9 Å². The Morgan fingerprint density at radius 2 is 1.94 bits per heavy atom. The minimum Gasteiger partial charge on any atom is -0.493 e. The van der Waals surface area contributed by atoms with Gasteiger partial charge in [-0.25, -0.2) is 4.79 Å². The summed E-state index contributed by atoms with van der Waals surface area (Å²) in [5.74, 6) is 2.23. The Labute approximate surface area is 219 Å². The normalized spacial score (nSPS) is 17.9. The molecule has 1 aliphatic heterocycles. The summed E-state index contributed by atoms with van der Waals surface area (Å²) in [5, 5.41) is 13.0. The maximum Gasteiger partial charge on any atom is 0.322 e. The summed E-state index contributed by atoms with van der Waals surface area (Å²) in [5.41, 5.74) is 2.57. The number of halogens is 2. The number of hydrogen-bond acceptors (Lipinski definition) is 4. The molecule has 0 spiro atoms. The first kappa shape index (κ1) is 25.1. The average molecular weight is 597 g/mol.